The van der Waals surface area contributed by atoms with Gasteiger partial charge in [-0.05, 0) is 32.4 Å². The van der Waals surface area contributed by atoms with Crippen LogP contribution in [0.15, 0.2) is 0 Å². The lowest BCUT2D eigenvalue weighted by Crippen LogP contribution is -2.34. The first-order chi connectivity index (χ1) is 6.45. The van der Waals surface area contributed by atoms with E-state index < -0.39 is 0 Å². The zero-order valence-electron chi connectivity index (χ0n) is 8.71. The molecule has 1 unspecified atom stereocenters. The summed E-state index contributed by atoms with van der Waals surface area (Å²) in [6, 6.07) is 0. The van der Waals surface area contributed by atoms with Crippen LogP contribution in [0.2, 0.25) is 0 Å². The van der Waals surface area contributed by atoms with Gasteiger partial charge in [0.05, 0.1) is 6.61 Å². The van der Waals surface area contributed by atoms with Gasteiger partial charge in [-0.15, -0.1) is 12.4 Å². The highest BCUT2D eigenvalue weighted by Gasteiger charge is 2.16. The van der Waals surface area contributed by atoms with Crippen molar-refractivity contribution >= 4 is 12.4 Å². The van der Waals surface area contributed by atoms with Gasteiger partial charge in [0, 0.05) is 13.1 Å². The highest BCUT2D eigenvalue weighted by molar-refractivity contribution is 5.85. The number of rotatable bonds is 3. The Morgan fingerprint density at radius 1 is 1.21 bits per heavy atom. The lowest BCUT2D eigenvalue weighted by atomic mass is 10.1. The Hall–Kier alpha value is 0.170. The molecule has 2 rings (SSSR count). The number of halogens is 1. The monoisotopic (exact) mass is 220 g/mol. The number of likely N-dealkylation sites (tertiary alicyclic amines) is 1. The van der Waals surface area contributed by atoms with Crippen molar-refractivity contribution in [1.29, 1.82) is 0 Å². The minimum atomic E-state index is 0. The van der Waals surface area contributed by atoms with Gasteiger partial charge < -0.3 is 9.64 Å². The van der Waals surface area contributed by atoms with E-state index in [1.807, 2.05) is 0 Å². The Bertz CT molecular complexity index is 145. The molecule has 2 heterocycles. The van der Waals surface area contributed by atoms with E-state index in [2.05, 4.69) is 10.2 Å². The van der Waals surface area contributed by atoms with Gasteiger partial charge in [0.2, 0.25) is 0 Å². The number of hydrogen-bond donors (Lipinski definition) is 1. The summed E-state index contributed by atoms with van der Waals surface area (Å²) in [6.07, 6.45) is 5.69. The molecule has 84 valence electrons. The van der Waals surface area contributed by atoms with Crippen LogP contribution in [0, 0.1) is 0 Å². The molecular formula is C10H21ClN2O. The Balaban J connectivity index is 0.000000980. The molecule has 0 spiro atoms. The van der Waals surface area contributed by atoms with Gasteiger partial charge >= 0.3 is 0 Å². The van der Waals surface area contributed by atoms with Crippen LogP contribution in [0.25, 0.3) is 0 Å². The van der Waals surface area contributed by atoms with Crippen LogP contribution < -0.4 is 5.32 Å². The van der Waals surface area contributed by atoms with E-state index in [1.54, 1.807) is 0 Å². The quantitative estimate of drug-likeness (QED) is 0.775. The Morgan fingerprint density at radius 2 is 2.00 bits per heavy atom. The number of piperidine rings is 1. The van der Waals surface area contributed by atoms with Gasteiger partial charge in [-0.25, -0.2) is 0 Å². The van der Waals surface area contributed by atoms with E-state index in [1.165, 1.54) is 38.9 Å². The fourth-order valence-corrected chi connectivity index (χ4v) is 2.15. The summed E-state index contributed by atoms with van der Waals surface area (Å²) in [4.78, 5) is 2.56. The van der Waals surface area contributed by atoms with E-state index in [4.69, 9.17) is 4.74 Å². The third-order valence-corrected chi connectivity index (χ3v) is 2.95. The van der Waals surface area contributed by atoms with Crippen molar-refractivity contribution in [3.63, 3.8) is 0 Å². The Kier molecular flexibility index (Phi) is 5.78. The Morgan fingerprint density at radius 3 is 2.64 bits per heavy atom. The zero-order valence-corrected chi connectivity index (χ0v) is 9.52. The SMILES string of the molecule is C1CCN(CCC2NCCO2)CC1.Cl. The summed E-state index contributed by atoms with van der Waals surface area (Å²) in [6.45, 7) is 5.73. The molecule has 0 amide bonds. The number of hydrogen-bond acceptors (Lipinski definition) is 3. The summed E-state index contributed by atoms with van der Waals surface area (Å²) in [5.74, 6) is 0. The lowest BCUT2D eigenvalue weighted by Gasteiger charge is -2.27. The molecule has 2 aliphatic rings. The molecular weight excluding hydrogens is 200 g/mol. The first-order valence-electron chi connectivity index (χ1n) is 5.52. The largest absolute Gasteiger partial charge is 0.362 e. The lowest BCUT2D eigenvalue weighted by molar-refractivity contribution is 0.0797. The van der Waals surface area contributed by atoms with Crippen molar-refractivity contribution in [2.45, 2.75) is 31.9 Å². The molecule has 4 heteroatoms. The van der Waals surface area contributed by atoms with Crippen LogP contribution in [0.3, 0.4) is 0 Å². The van der Waals surface area contributed by atoms with Crippen molar-refractivity contribution in [2.24, 2.45) is 0 Å². The van der Waals surface area contributed by atoms with Crippen molar-refractivity contribution in [3.8, 4) is 0 Å². The molecule has 0 aromatic heterocycles. The maximum absolute atomic E-state index is 5.51. The molecule has 2 saturated heterocycles. The second-order valence-electron chi connectivity index (χ2n) is 4.00. The molecule has 0 aliphatic carbocycles. The summed E-state index contributed by atoms with van der Waals surface area (Å²) >= 11 is 0. The van der Waals surface area contributed by atoms with Crippen molar-refractivity contribution in [1.82, 2.24) is 10.2 Å². The highest BCUT2D eigenvalue weighted by Crippen LogP contribution is 2.10. The van der Waals surface area contributed by atoms with Crippen LogP contribution in [-0.4, -0.2) is 43.9 Å². The van der Waals surface area contributed by atoms with Gasteiger partial charge in [-0.2, -0.15) is 0 Å². The standard InChI is InChI=1S/C10H20N2O.ClH/c1-2-6-12(7-3-1)8-4-10-11-5-9-13-10;/h10-11H,1-9H2;1H. The molecule has 1 atom stereocenters. The normalized spacial score (nSPS) is 28.7. The summed E-state index contributed by atoms with van der Waals surface area (Å²) < 4.78 is 5.51. The van der Waals surface area contributed by atoms with Gasteiger partial charge in [-0.3, -0.25) is 5.32 Å². The first-order valence-corrected chi connectivity index (χ1v) is 5.52. The molecule has 0 radical (unpaired) electrons. The molecule has 2 fully saturated rings. The third-order valence-electron chi connectivity index (χ3n) is 2.95. The summed E-state index contributed by atoms with van der Waals surface area (Å²) in [5.41, 5.74) is 0. The van der Waals surface area contributed by atoms with E-state index in [-0.39, 0.29) is 12.4 Å². The average Bonchev–Trinajstić information content (AvgIpc) is 2.69. The van der Waals surface area contributed by atoms with Crippen LogP contribution in [0.4, 0.5) is 0 Å². The van der Waals surface area contributed by atoms with Crippen molar-refractivity contribution in [3.05, 3.63) is 0 Å². The molecule has 14 heavy (non-hydrogen) atoms. The summed E-state index contributed by atoms with van der Waals surface area (Å²) in [7, 11) is 0. The molecule has 1 N–H and O–H groups in total. The maximum Gasteiger partial charge on any atom is 0.109 e. The van der Waals surface area contributed by atoms with E-state index in [0.29, 0.717) is 6.23 Å². The maximum atomic E-state index is 5.51. The van der Waals surface area contributed by atoms with E-state index in [0.717, 1.165) is 19.6 Å². The fourth-order valence-electron chi connectivity index (χ4n) is 2.15. The van der Waals surface area contributed by atoms with Crippen molar-refractivity contribution < 1.29 is 4.74 Å². The summed E-state index contributed by atoms with van der Waals surface area (Å²) in [5, 5.41) is 3.35. The van der Waals surface area contributed by atoms with Gasteiger partial charge in [0.15, 0.2) is 0 Å². The first kappa shape index (κ1) is 12.2. The zero-order chi connectivity index (χ0) is 8.93. The number of nitrogens with one attached hydrogen (secondary N) is 1. The third kappa shape index (κ3) is 3.73. The van der Waals surface area contributed by atoms with Crippen LogP contribution in [-0.2, 0) is 4.74 Å². The topological polar surface area (TPSA) is 24.5 Å². The average molecular weight is 221 g/mol. The second kappa shape index (κ2) is 6.62. The molecule has 0 aromatic carbocycles. The predicted octanol–water partition coefficient (Wildman–Crippen LogP) is 1.23. The van der Waals surface area contributed by atoms with Gasteiger partial charge in [-0.1, -0.05) is 6.42 Å². The van der Waals surface area contributed by atoms with Crippen molar-refractivity contribution in [2.75, 3.05) is 32.8 Å². The Labute approximate surface area is 92.6 Å². The smallest absolute Gasteiger partial charge is 0.109 e. The molecule has 0 aromatic rings. The van der Waals surface area contributed by atoms with E-state index in [9.17, 15) is 0 Å². The van der Waals surface area contributed by atoms with Gasteiger partial charge in [0.1, 0.15) is 6.23 Å². The fraction of sp³-hybridized carbons (Fsp3) is 1.00. The predicted molar refractivity (Wildman–Crippen MR) is 59.9 cm³/mol. The molecule has 3 nitrogen and oxygen atoms in total. The number of ether oxygens (including phenoxy) is 1. The van der Waals surface area contributed by atoms with Gasteiger partial charge in [0.25, 0.3) is 0 Å². The van der Waals surface area contributed by atoms with Crippen LogP contribution in [0.5, 0.6) is 0 Å². The second-order valence-corrected chi connectivity index (χ2v) is 4.00. The van der Waals surface area contributed by atoms with Crippen LogP contribution >= 0.6 is 12.4 Å². The van der Waals surface area contributed by atoms with Crippen LogP contribution in [0.1, 0.15) is 25.7 Å². The molecule has 0 bridgehead atoms. The minimum absolute atomic E-state index is 0. The van der Waals surface area contributed by atoms with E-state index >= 15 is 0 Å². The molecule has 2 aliphatic heterocycles. The highest BCUT2D eigenvalue weighted by atomic mass is 35.5. The minimum Gasteiger partial charge on any atom is -0.362 e. The number of nitrogens with zero attached hydrogens (tertiary/aromatic N) is 1. The molecule has 0 saturated carbocycles.